The van der Waals surface area contributed by atoms with Crippen LogP contribution in [0.15, 0.2) is 6.20 Å². The smallest absolute Gasteiger partial charge is 0.315 e. The van der Waals surface area contributed by atoms with E-state index in [0.717, 1.165) is 9.88 Å². The largest absolute Gasteiger partial charge is 0.391 e. The van der Waals surface area contributed by atoms with Gasteiger partial charge in [0.1, 0.15) is 0 Å². The summed E-state index contributed by atoms with van der Waals surface area (Å²) in [7, 11) is 0. The number of carbonyl (C=O) groups excluding carboxylic acids is 1. The monoisotopic (exact) mass is 271 g/mol. The molecule has 1 heterocycles. The second-order valence-electron chi connectivity index (χ2n) is 5.29. The zero-order chi connectivity index (χ0) is 13.8. The molecule has 0 saturated carbocycles. The molecular formula is C12H21N3O2S. The second-order valence-corrected chi connectivity index (χ2v) is 6.61. The molecule has 6 heteroatoms. The van der Waals surface area contributed by atoms with Gasteiger partial charge in [0, 0.05) is 17.6 Å². The van der Waals surface area contributed by atoms with Crippen LogP contribution in [-0.4, -0.2) is 28.8 Å². The van der Waals surface area contributed by atoms with Gasteiger partial charge >= 0.3 is 6.03 Å². The first-order chi connectivity index (χ1) is 8.29. The van der Waals surface area contributed by atoms with Crippen LogP contribution in [0.25, 0.3) is 0 Å². The van der Waals surface area contributed by atoms with Gasteiger partial charge in [0.2, 0.25) is 0 Å². The Kier molecular flexibility index (Phi) is 5.10. The highest BCUT2D eigenvalue weighted by Crippen LogP contribution is 2.18. The van der Waals surface area contributed by atoms with Crippen LogP contribution in [0.5, 0.6) is 0 Å². The average molecular weight is 271 g/mol. The van der Waals surface area contributed by atoms with E-state index in [-0.39, 0.29) is 18.0 Å². The molecule has 1 aromatic heterocycles. The Balaban J connectivity index is 2.26. The van der Waals surface area contributed by atoms with E-state index in [9.17, 15) is 9.90 Å². The molecule has 1 aromatic rings. The van der Waals surface area contributed by atoms with Gasteiger partial charge in [-0.3, -0.25) is 0 Å². The van der Waals surface area contributed by atoms with Gasteiger partial charge in [-0.2, -0.15) is 0 Å². The minimum atomic E-state index is -0.561. The zero-order valence-corrected chi connectivity index (χ0v) is 12.1. The third-order valence-electron chi connectivity index (χ3n) is 2.55. The number of aliphatic hydroxyl groups is 1. The summed E-state index contributed by atoms with van der Waals surface area (Å²) in [6, 6.07) is -0.274. The van der Waals surface area contributed by atoms with E-state index in [2.05, 4.69) is 15.6 Å². The Hall–Kier alpha value is -1.14. The van der Waals surface area contributed by atoms with Gasteiger partial charge in [0.25, 0.3) is 0 Å². The molecular weight excluding hydrogens is 250 g/mol. The molecule has 0 aromatic carbocycles. The van der Waals surface area contributed by atoms with Gasteiger partial charge in [-0.15, -0.1) is 11.3 Å². The molecule has 0 bridgehead atoms. The van der Waals surface area contributed by atoms with E-state index in [0.29, 0.717) is 6.54 Å². The van der Waals surface area contributed by atoms with E-state index in [4.69, 9.17) is 0 Å². The number of hydrogen-bond acceptors (Lipinski definition) is 4. The summed E-state index contributed by atoms with van der Waals surface area (Å²) in [5, 5.41) is 16.1. The maximum absolute atomic E-state index is 11.5. The van der Waals surface area contributed by atoms with E-state index < -0.39 is 6.10 Å². The summed E-state index contributed by atoms with van der Waals surface area (Å²) in [5.41, 5.74) is -0.234. The van der Waals surface area contributed by atoms with Crippen LogP contribution < -0.4 is 10.6 Å². The lowest BCUT2D eigenvalue weighted by Crippen LogP contribution is -2.43. The van der Waals surface area contributed by atoms with Crippen molar-refractivity contribution >= 4 is 17.4 Å². The summed E-state index contributed by atoms with van der Waals surface area (Å²) in [4.78, 5) is 16.6. The predicted octanol–water partition coefficient (Wildman–Crippen LogP) is 1.66. The minimum absolute atomic E-state index is 0.234. The first kappa shape index (κ1) is 14.9. The quantitative estimate of drug-likeness (QED) is 0.779. The molecule has 3 N–H and O–H groups in total. The fraction of sp³-hybridized carbons (Fsp3) is 0.667. The first-order valence-corrected chi connectivity index (χ1v) is 6.72. The van der Waals surface area contributed by atoms with Crippen molar-refractivity contribution in [3.63, 3.8) is 0 Å². The lowest BCUT2D eigenvalue weighted by Gasteiger charge is -2.25. The molecule has 1 unspecified atom stereocenters. The molecule has 0 radical (unpaired) electrons. The van der Waals surface area contributed by atoms with Gasteiger partial charge in [0.15, 0.2) is 0 Å². The second kappa shape index (κ2) is 6.15. The molecule has 0 aliphatic heterocycles. The van der Waals surface area contributed by atoms with Gasteiger partial charge < -0.3 is 15.7 Å². The van der Waals surface area contributed by atoms with Gasteiger partial charge in [-0.05, 0) is 12.3 Å². The number of hydrogen-bond donors (Lipinski definition) is 3. The topological polar surface area (TPSA) is 74.2 Å². The highest BCUT2D eigenvalue weighted by atomic mass is 32.1. The Morgan fingerprint density at radius 1 is 1.50 bits per heavy atom. The number of amides is 2. The summed E-state index contributed by atoms with van der Waals surface area (Å²) in [6.07, 6.45) is 1.19. The number of aromatic nitrogens is 1. The number of aliphatic hydroxyl groups excluding tert-OH is 1. The van der Waals surface area contributed by atoms with Crippen molar-refractivity contribution in [2.75, 3.05) is 6.54 Å². The van der Waals surface area contributed by atoms with Crippen molar-refractivity contribution < 1.29 is 9.90 Å². The molecule has 1 atom stereocenters. The number of thiazole rings is 1. The molecule has 0 aliphatic carbocycles. The molecule has 0 saturated heterocycles. The molecule has 0 spiro atoms. The zero-order valence-electron chi connectivity index (χ0n) is 11.3. The fourth-order valence-corrected chi connectivity index (χ4v) is 1.95. The van der Waals surface area contributed by atoms with Gasteiger partial charge in [-0.25, -0.2) is 9.78 Å². The Morgan fingerprint density at radius 3 is 2.67 bits per heavy atom. The van der Waals surface area contributed by atoms with E-state index in [1.165, 1.54) is 0 Å². The molecule has 0 aliphatic rings. The van der Waals surface area contributed by atoms with Crippen LogP contribution in [0.4, 0.5) is 4.79 Å². The molecule has 1 rings (SSSR count). The van der Waals surface area contributed by atoms with Crippen LogP contribution in [-0.2, 0) is 6.54 Å². The first-order valence-electron chi connectivity index (χ1n) is 5.90. The lowest BCUT2D eigenvalue weighted by molar-refractivity contribution is 0.0650. The summed E-state index contributed by atoms with van der Waals surface area (Å²) < 4.78 is 0. The van der Waals surface area contributed by atoms with Crippen molar-refractivity contribution in [2.45, 2.75) is 40.3 Å². The van der Waals surface area contributed by atoms with E-state index in [1.54, 1.807) is 17.5 Å². The van der Waals surface area contributed by atoms with Crippen molar-refractivity contribution in [1.29, 1.82) is 0 Å². The lowest BCUT2D eigenvalue weighted by atomic mass is 9.89. The molecule has 2 amide bonds. The van der Waals surface area contributed by atoms with Crippen LogP contribution in [0.1, 0.15) is 30.7 Å². The minimum Gasteiger partial charge on any atom is -0.391 e. The number of aryl methyl sites for hydroxylation is 1. The van der Waals surface area contributed by atoms with Gasteiger partial charge in [0.05, 0.1) is 17.7 Å². The maximum atomic E-state index is 11.5. The average Bonchev–Trinajstić information content (AvgIpc) is 2.67. The Bertz CT molecular complexity index is 398. The van der Waals surface area contributed by atoms with Crippen LogP contribution >= 0.6 is 11.3 Å². The summed E-state index contributed by atoms with van der Waals surface area (Å²) in [5.74, 6) is 0. The number of nitrogens with zero attached hydrogens (tertiary/aromatic N) is 1. The van der Waals surface area contributed by atoms with Crippen molar-refractivity contribution in [1.82, 2.24) is 15.6 Å². The van der Waals surface area contributed by atoms with Crippen molar-refractivity contribution in [3.05, 3.63) is 16.1 Å². The van der Waals surface area contributed by atoms with Gasteiger partial charge in [-0.1, -0.05) is 20.8 Å². The van der Waals surface area contributed by atoms with E-state index in [1.807, 2.05) is 27.7 Å². The summed E-state index contributed by atoms with van der Waals surface area (Å²) >= 11 is 1.56. The molecule has 18 heavy (non-hydrogen) atoms. The third-order valence-corrected chi connectivity index (χ3v) is 3.46. The molecule has 0 fully saturated rings. The number of rotatable bonds is 4. The van der Waals surface area contributed by atoms with Crippen LogP contribution in [0.2, 0.25) is 0 Å². The fourth-order valence-electron chi connectivity index (χ4n) is 1.21. The Morgan fingerprint density at radius 2 is 2.17 bits per heavy atom. The number of nitrogens with one attached hydrogen (secondary N) is 2. The third kappa shape index (κ3) is 5.01. The number of urea groups is 1. The molecule has 5 nitrogen and oxygen atoms in total. The summed E-state index contributed by atoms with van der Waals surface area (Å²) in [6.45, 7) is 8.42. The predicted molar refractivity (Wildman–Crippen MR) is 72.6 cm³/mol. The highest BCUT2D eigenvalue weighted by Gasteiger charge is 2.22. The SMILES string of the molecule is Cc1ncc(CNC(=O)NCC(O)C(C)(C)C)s1. The van der Waals surface area contributed by atoms with Crippen LogP contribution in [0, 0.1) is 12.3 Å². The normalized spacial score (nSPS) is 13.2. The Labute approximate surface area is 112 Å². The maximum Gasteiger partial charge on any atom is 0.315 e. The standard InChI is InChI=1S/C12H21N3O2S/c1-8-13-5-9(18-8)6-14-11(17)15-7-10(16)12(2,3)4/h5,10,16H,6-7H2,1-4H3,(H2,14,15,17). The van der Waals surface area contributed by atoms with Crippen molar-refractivity contribution in [2.24, 2.45) is 5.41 Å². The molecule has 102 valence electrons. The van der Waals surface area contributed by atoms with Crippen LogP contribution in [0.3, 0.4) is 0 Å². The highest BCUT2D eigenvalue weighted by molar-refractivity contribution is 7.11. The van der Waals surface area contributed by atoms with Crippen molar-refractivity contribution in [3.8, 4) is 0 Å². The van der Waals surface area contributed by atoms with E-state index >= 15 is 0 Å². The number of carbonyl (C=O) groups is 1.